The molecule has 3 nitrogen and oxygen atoms in total. The van der Waals surface area contributed by atoms with Gasteiger partial charge in [0.25, 0.3) is 5.91 Å². The Morgan fingerprint density at radius 3 is 2.54 bits per heavy atom. The van der Waals surface area contributed by atoms with E-state index in [0.29, 0.717) is 18.4 Å². The zero-order chi connectivity index (χ0) is 16.8. The number of hydrogen-bond acceptors (Lipinski definition) is 2. The molecule has 0 spiro atoms. The van der Waals surface area contributed by atoms with Gasteiger partial charge in [-0.2, -0.15) is 0 Å². The molecule has 1 heterocycles. The molecule has 0 radical (unpaired) electrons. The van der Waals surface area contributed by atoms with Crippen molar-refractivity contribution in [3.63, 3.8) is 0 Å². The molecule has 2 N–H and O–H groups in total. The third-order valence-electron chi connectivity index (χ3n) is 5.57. The van der Waals surface area contributed by atoms with Crippen molar-refractivity contribution in [1.82, 2.24) is 4.90 Å². The maximum Gasteiger partial charge on any atom is 0.254 e. The van der Waals surface area contributed by atoms with Crippen LogP contribution in [0.2, 0.25) is 0 Å². The van der Waals surface area contributed by atoms with Gasteiger partial charge in [0.05, 0.1) is 0 Å². The molecule has 2 fully saturated rings. The van der Waals surface area contributed by atoms with Gasteiger partial charge in [0.2, 0.25) is 0 Å². The van der Waals surface area contributed by atoms with E-state index >= 15 is 0 Å². The van der Waals surface area contributed by atoms with E-state index in [-0.39, 0.29) is 11.9 Å². The normalized spacial score (nSPS) is 24.8. The fourth-order valence-corrected chi connectivity index (χ4v) is 4.08. The number of likely N-dealkylation sites (tertiary alicyclic amines) is 1. The number of carbonyl (C=O) groups excluding carboxylic acids is 1. The summed E-state index contributed by atoms with van der Waals surface area (Å²) in [6.45, 7) is 5.58. The Bertz CT molecular complexity index is 781. The molecule has 3 heteroatoms. The molecular formula is C21H24N2O. The first-order valence-corrected chi connectivity index (χ1v) is 8.77. The number of amides is 1. The standard InChI is InChI=1S/C21H24N2O/c1-13-3-6-15(7-4-13)18-9-14(2)5-8-17(18)21(24)23-12-16-10-19(16)20(23)11-22/h3-9,16,19-20H,10-12,22H2,1-2H3/t16-,19-,20-/m1/s1. The molecule has 4 rings (SSSR count). The molecule has 1 aliphatic heterocycles. The van der Waals surface area contributed by atoms with Crippen molar-refractivity contribution in [2.75, 3.05) is 13.1 Å². The first-order valence-electron chi connectivity index (χ1n) is 8.77. The van der Waals surface area contributed by atoms with E-state index < -0.39 is 0 Å². The van der Waals surface area contributed by atoms with E-state index in [0.717, 1.165) is 23.2 Å². The lowest BCUT2D eigenvalue weighted by Crippen LogP contribution is -2.42. The molecule has 2 aliphatic rings. The van der Waals surface area contributed by atoms with Gasteiger partial charge in [-0.15, -0.1) is 0 Å². The third kappa shape index (κ3) is 2.53. The van der Waals surface area contributed by atoms with Gasteiger partial charge in [0.1, 0.15) is 0 Å². The van der Waals surface area contributed by atoms with Gasteiger partial charge in [-0.3, -0.25) is 4.79 Å². The van der Waals surface area contributed by atoms with Crippen molar-refractivity contribution in [3.8, 4) is 11.1 Å². The van der Waals surface area contributed by atoms with Gasteiger partial charge in [-0.05, 0) is 49.3 Å². The van der Waals surface area contributed by atoms with Gasteiger partial charge in [-0.1, -0.05) is 47.5 Å². The Morgan fingerprint density at radius 2 is 1.83 bits per heavy atom. The number of nitrogens with two attached hydrogens (primary N) is 1. The predicted octanol–water partition coefficient (Wildman–Crippen LogP) is 3.39. The van der Waals surface area contributed by atoms with Gasteiger partial charge >= 0.3 is 0 Å². The summed E-state index contributed by atoms with van der Waals surface area (Å²) in [6.07, 6.45) is 1.24. The molecule has 0 aromatic heterocycles. The van der Waals surface area contributed by atoms with Crippen LogP contribution in [0.5, 0.6) is 0 Å². The molecule has 1 saturated carbocycles. The van der Waals surface area contributed by atoms with Crippen molar-refractivity contribution in [2.45, 2.75) is 26.3 Å². The Labute approximate surface area is 143 Å². The van der Waals surface area contributed by atoms with Gasteiger partial charge < -0.3 is 10.6 Å². The lowest BCUT2D eigenvalue weighted by molar-refractivity contribution is 0.0713. The highest BCUT2D eigenvalue weighted by atomic mass is 16.2. The van der Waals surface area contributed by atoms with Crippen LogP contribution in [0.1, 0.15) is 27.9 Å². The quantitative estimate of drug-likeness (QED) is 0.942. The predicted molar refractivity (Wildman–Crippen MR) is 96.8 cm³/mol. The molecule has 2 aromatic carbocycles. The minimum atomic E-state index is 0.133. The van der Waals surface area contributed by atoms with Crippen LogP contribution in [0.4, 0.5) is 0 Å². The van der Waals surface area contributed by atoms with E-state index in [1.165, 1.54) is 17.5 Å². The second-order valence-electron chi connectivity index (χ2n) is 7.34. The highest BCUT2D eigenvalue weighted by molar-refractivity contribution is 6.01. The summed E-state index contributed by atoms with van der Waals surface area (Å²) < 4.78 is 0. The number of aryl methyl sites for hydroxylation is 2. The highest BCUT2D eigenvalue weighted by Crippen LogP contribution is 2.49. The van der Waals surface area contributed by atoms with E-state index in [4.69, 9.17) is 5.73 Å². The first-order chi connectivity index (χ1) is 11.6. The average Bonchev–Trinajstić information content (AvgIpc) is 3.26. The molecule has 1 saturated heterocycles. The first kappa shape index (κ1) is 15.4. The van der Waals surface area contributed by atoms with E-state index in [1.54, 1.807) is 0 Å². The second-order valence-corrected chi connectivity index (χ2v) is 7.34. The lowest BCUT2D eigenvalue weighted by atomic mass is 9.95. The van der Waals surface area contributed by atoms with E-state index in [1.807, 2.05) is 17.0 Å². The number of rotatable bonds is 3. The van der Waals surface area contributed by atoms with Gasteiger partial charge in [0, 0.05) is 24.7 Å². The SMILES string of the molecule is Cc1ccc(-c2cc(C)ccc2C(=O)N2C[C@H]3C[C@H]3[C@H]2CN)cc1. The smallest absolute Gasteiger partial charge is 0.254 e. The number of carbonyl (C=O) groups is 1. The summed E-state index contributed by atoms with van der Waals surface area (Å²) in [7, 11) is 0. The third-order valence-corrected chi connectivity index (χ3v) is 5.57. The molecular weight excluding hydrogens is 296 g/mol. The topological polar surface area (TPSA) is 46.3 Å². The molecule has 24 heavy (non-hydrogen) atoms. The van der Waals surface area contributed by atoms with Crippen LogP contribution in [0.25, 0.3) is 11.1 Å². The molecule has 0 bridgehead atoms. The van der Waals surface area contributed by atoms with Gasteiger partial charge in [0.15, 0.2) is 0 Å². The summed E-state index contributed by atoms with van der Waals surface area (Å²) in [4.78, 5) is 15.2. The Balaban J connectivity index is 1.72. The van der Waals surface area contributed by atoms with Crippen molar-refractivity contribution in [2.24, 2.45) is 17.6 Å². The maximum absolute atomic E-state index is 13.2. The summed E-state index contributed by atoms with van der Waals surface area (Å²) in [5, 5.41) is 0. The van der Waals surface area contributed by atoms with Crippen LogP contribution >= 0.6 is 0 Å². The molecule has 1 aliphatic carbocycles. The van der Waals surface area contributed by atoms with Crippen molar-refractivity contribution >= 4 is 5.91 Å². The zero-order valence-corrected chi connectivity index (χ0v) is 14.3. The second kappa shape index (κ2) is 5.75. The molecule has 2 aromatic rings. The Kier molecular flexibility index (Phi) is 3.69. The monoisotopic (exact) mass is 320 g/mol. The molecule has 1 amide bonds. The fourth-order valence-electron chi connectivity index (χ4n) is 4.08. The van der Waals surface area contributed by atoms with Crippen LogP contribution < -0.4 is 5.73 Å². The largest absolute Gasteiger partial charge is 0.334 e. The summed E-state index contributed by atoms with van der Waals surface area (Å²) in [6, 6.07) is 14.7. The van der Waals surface area contributed by atoms with Crippen LogP contribution in [0.3, 0.4) is 0 Å². The minimum absolute atomic E-state index is 0.133. The van der Waals surface area contributed by atoms with E-state index in [2.05, 4.69) is 44.2 Å². The van der Waals surface area contributed by atoms with E-state index in [9.17, 15) is 4.79 Å². The van der Waals surface area contributed by atoms with Crippen LogP contribution in [0, 0.1) is 25.7 Å². The summed E-state index contributed by atoms with van der Waals surface area (Å²) in [5.41, 5.74) is 11.3. The van der Waals surface area contributed by atoms with Crippen molar-refractivity contribution < 1.29 is 4.79 Å². The number of fused-ring (bicyclic) bond motifs is 1. The minimum Gasteiger partial charge on any atom is -0.334 e. The van der Waals surface area contributed by atoms with Crippen LogP contribution in [0.15, 0.2) is 42.5 Å². The number of benzene rings is 2. The van der Waals surface area contributed by atoms with Gasteiger partial charge in [-0.25, -0.2) is 0 Å². The Morgan fingerprint density at radius 1 is 1.12 bits per heavy atom. The maximum atomic E-state index is 13.2. The summed E-state index contributed by atoms with van der Waals surface area (Å²) >= 11 is 0. The molecule has 0 unspecified atom stereocenters. The Hall–Kier alpha value is -2.13. The summed E-state index contributed by atoms with van der Waals surface area (Å²) in [5.74, 6) is 1.44. The number of piperidine rings is 1. The highest BCUT2D eigenvalue weighted by Gasteiger charge is 2.53. The average molecular weight is 320 g/mol. The van der Waals surface area contributed by atoms with Crippen LogP contribution in [-0.4, -0.2) is 29.9 Å². The lowest BCUT2D eigenvalue weighted by Gasteiger charge is -2.27. The van der Waals surface area contributed by atoms with Crippen LogP contribution in [-0.2, 0) is 0 Å². The number of nitrogens with zero attached hydrogens (tertiary/aromatic N) is 1. The number of hydrogen-bond donors (Lipinski definition) is 1. The molecule has 3 atom stereocenters. The molecule has 124 valence electrons. The fraction of sp³-hybridized carbons (Fsp3) is 0.381. The van der Waals surface area contributed by atoms with Crippen molar-refractivity contribution in [3.05, 3.63) is 59.2 Å². The van der Waals surface area contributed by atoms with Crippen molar-refractivity contribution in [1.29, 1.82) is 0 Å². The zero-order valence-electron chi connectivity index (χ0n) is 14.3.